The van der Waals surface area contributed by atoms with E-state index in [0.29, 0.717) is 22.7 Å². The smallest absolute Gasteiger partial charge is 0.161 e. The Morgan fingerprint density at radius 1 is 1.13 bits per heavy atom. The van der Waals surface area contributed by atoms with Gasteiger partial charge in [-0.25, -0.2) is 0 Å². The Hall–Kier alpha value is -1.23. The molecule has 0 unspecified atom stereocenters. The van der Waals surface area contributed by atoms with E-state index in [1.54, 1.807) is 14.2 Å². The van der Waals surface area contributed by atoms with Crippen LogP contribution in [0.5, 0.6) is 11.5 Å². The molecule has 0 spiro atoms. The van der Waals surface area contributed by atoms with Gasteiger partial charge in [-0.15, -0.1) is 0 Å². The summed E-state index contributed by atoms with van der Waals surface area (Å²) in [6, 6.07) is 11.9. The van der Waals surface area contributed by atoms with Gasteiger partial charge in [0.15, 0.2) is 11.5 Å². The minimum absolute atomic E-state index is 0.558. The highest BCUT2D eigenvalue weighted by Gasteiger charge is 2.39. The van der Waals surface area contributed by atoms with Gasteiger partial charge in [0.25, 0.3) is 0 Å². The van der Waals surface area contributed by atoms with E-state index in [1.165, 1.54) is 5.56 Å². The van der Waals surface area contributed by atoms with Crippen LogP contribution in [0, 0.1) is 0 Å². The second kappa shape index (κ2) is 6.71. The zero-order valence-corrected chi connectivity index (χ0v) is 15.4. The molecule has 0 aromatic heterocycles. The fourth-order valence-electron chi connectivity index (χ4n) is 3.06. The van der Waals surface area contributed by atoms with Crippen LogP contribution in [0.1, 0.15) is 16.7 Å². The first-order valence-electron chi connectivity index (χ1n) is 7.36. The van der Waals surface area contributed by atoms with Crippen molar-refractivity contribution in [2.75, 3.05) is 26.2 Å². The minimum Gasteiger partial charge on any atom is -0.493 e. The maximum absolute atomic E-state index is 6.25. The Kier molecular flexibility index (Phi) is 4.85. The molecule has 23 heavy (non-hydrogen) atoms. The zero-order valence-electron chi connectivity index (χ0n) is 13.1. The highest BCUT2D eigenvalue weighted by Crippen LogP contribution is 2.44. The molecule has 122 valence electrons. The molecule has 0 bridgehead atoms. The summed E-state index contributed by atoms with van der Waals surface area (Å²) in [6.07, 6.45) is 0.845. The van der Waals surface area contributed by atoms with Crippen molar-refractivity contribution in [3.63, 3.8) is 0 Å². The Balaban J connectivity index is 2.20. The predicted octanol–water partition coefficient (Wildman–Crippen LogP) is 4.57. The number of benzene rings is 2. The molecule has 3 rings (SSSR count). The maximum Gasteiger partial charge on any atom is 0.161 e. The molecule has 1 heterocycles. The van der Waals surface area contributed by atoms with E-state index in [9.17, 15) is 0 Å². The molecule has 0 saturated carbocycles. The van der Waals surface area contributed by atoms with Gasteiger partial charge in [-0.3, -0.25) is 0 Å². The van der Waals surface area contributed by atoms with Gasteiger partial charge < -0.3 is 14.2 Å². The summed E-state index contributed by atoms with van der Waals surface area (Å²) in [5.41, 5.74) is 2.81. The lowest BCUT2D eigenvalue weighted by Gasteiger charge is -2.39. The van der Waals surface area contributed by atoms with Crippen molar-refractivity contribution in [3.05, 3.63) is 58.1 Å². The van der Waals surface area contributed by atoms with Crippen LogP contribution in [0.25, 0.3) is 0 Å². The molecule has 5 heteroatoms. The number of rotatable bonds is 4. The van der Waals surface area contributed by atoms with Gasteiger partial charge in [0.1, 0.15) is 5.60 Å². The average Bonchev–Trinajstić information content (AvgIpc) is 2.60. The van der Waals surface area contributed by atoms with Crippen LogP contribution in [0.2, 0.25) is 5.02 Å². The topological polar surface area (TPSA) is 27.7 Å². The second-order valence-electron chi connectivity index (χ2n) is 5.43. The third-order valence-corrected chi connectivity index (χ3v) is 5.30. The molecule has 2 aromatic rings. The van der Waals surface area contributed by atoms with Crippen LogP contribution >= 0.6 is 27.5 Å². The number of alkyl halides is 1. The van der Waals surface area contributed by atoms with E-state index in [2.05, 4.69) is 15.9 Å². The van der Waals surface area contributed by atoms with Gasteiger partial charge in [-0.2, -0.15) is 0 Å². The Labute approximate surface area is 149 Å². The normalized spacial score (nSPS) is 20.0. The van der Waals surface area contributed by atoms with Gasteiger partial charge in [0, 0.05) is 10.4 Å². The number of methoxy groups -OCH3 is 2. The molecule has 1 atom stereocenters. The van der Waals surface area contributed by atoms with Crippen LogP contribution in [-0.4, -0.2) is 26.2 Å². The number of halogens is 2. The van der Waals surface area contributed by atoms with Crippen molar-refractivity contribution in [2.24, 2.45) is 0 Å². The lowest BCUT2D eigenvalue weighted by atomic mass is 9.82. The molecule has 0 fully saturated rings. The number of fused-ring (bicyclic) bond motifs is 1. The first kappa shape index (κ1) is 16.6. The van der Waals surface area contributed by atoms with Gasteiger partial charge in [0.05, 0.1) is 20.8 Å². The largest absolute Gasteiger partial charge is 0.493 e. The summed E-state index contributed by atoms with van der Waals surface area (Å²) in [5, 5.41) is 1.35. The minimum atomic E-state index is -0.558. The molecule has 0 N–H and O–H groups in total. The number of hydrogen-bond donors (Lipinski definition) is 0. The third-order valence-electron chi connectivity index (χ3n) is 4.26. The monoisotopic (exact) mass is 396 g/mol. The summed E-state index contributed by atoms with van der Waals surface area (Å²) < 4.78 is 17.2. The fraction of sp³-hybridized carbons (Fsp3) is 0.333. The quantitative estimate of drug-likeness (QED) is 0.707. The standard InChI is InChI=1S/C18H18BrClO3/c1-21-16-9-12-7-8-23-18(11-19,15(12)10-17(16)22-2)13-3-5-14(20)6-4-13/h3-6,9-10H,7-8,11H2,1-2H3/t18-/m1/s1. The SMILES string of the molecule is COc1cc2c(cc1OC)[C@@](CBr)(c1ccc(Cl)cc1)OCC2. The number of hydrogen-bond acceptors (Lipinski definition) is 3. The van der Waals surface area contributed by atoms with Gasteiger partial charge >= 0.3 is 0 Å². The molecule has 0 aliphatic carbocycles. The van der Waals surface area contributed by atoms with Gasteiger partial charge in [0.2, 0.25) is 0 Å². The molecule has 1 aliphatic heterocycles. The summed E-state index contributed by atoms with van der Waals surface area (Å²) >= 11 is 9.68. The first-order valence-corrected chi connectivity index (χ1v) is 8.86. The molecule has 3 nitrogen and oxygen atoms in total. The third kappa shape index (κ3) is 2.84. The maximum atomic E-state index is 6.25. The van der Waals surface area contributed by atoms with E-state index in [1.807, 2.05) is 36.4 Å². The van der Waals surface area contributed by atoms with Gasteiger partial charge in [-0.1, -0.05) is 39.7 Å². The lowest BCUT2D eigenvalue weighted by Crippen LogP contribution is -2.38. The molecular formula is C18H18BrClO3. The Morgan fingerprint density at radius 2 is 1.78 bits per heavy atom. The zero-order chi connectivity index (χ0) is 16.4. The van der Waals surface area contributed by atoms with Crippen molar-refractivity contribution >= 4 is 27.5 Å². The first-order chi connectivity index (χ1) is 11.1. The van der Waals surface area contributed by atoms with Crippen LogP contribution in [0.3, 0.4) is 0 Å². The second-order valence-corrected chi connectivity index (χ2v) is 6.43. The summed E-state index contributed by atoms with van der Waals surface area (Å²) in [6.45, 7) is 0.650. The number of ether oxygens (including phenoxy) is 3. The Bertz CT molecular complexity index is 702. The van der Waals surface area contributed by atoms with E-state index < -0.39 is 5.60 Å². The van der Waals surface area contributed by atoms with Crippen LogP contribution in [0.4, 0.5) is 0 Å². The van der Waals surface area contributed by atoms with E-state index in [4.69, 9.17) is 25.8 Å². The molecule has 0 amide bonds. The van der Waals surface area contributed by atoms with Crippen molar-refractivity contribution in [2.45, 2.75) is 12.0 Å². The molecular weight excluding hydrogens is 380 g/mol. The van der Waals surface area contributed by atoms with Crippen molar-refractivity contribution < 1.29 is 14.2 Å². The van der Waals surface area contributed by atoms with E-state index >= 15 is 0 Å². The highest BCUT2D eigenvalue weighted by atomic mass is 79.9. The average molecular weight is 398 g/mol. The summed E-state index contributed by atoms with van der Waals surface area (Å²) in [4.78, 5) is 0. The van der Waals surface area contributed by atoms with Crippen molar-refractivity contribution in [1.29, 1.82) is 0 Å². The van der Waals surface area contributed by atoms with Crippen molar-refractivity contribution in [1.82, 2.24) is 0 Å². The highest BCUT2D eigenvalue weighted by molar-refractivity contribution is 9.09. The fourth-order valence-corrected chi connectivity index (χ4v) is 3.98. The van der Waals surface area contributed by atoms with E-state index in [-0.39, 0.29) is 0 Å². The summed E-state index contributed by atoms with van der Waals surface area (Å²) in [5.74, 6) is 1.45. The molecule has 0 radical (unpaired) electrons. The molecule has 0 saturated heterocycles. The molecule has 2 aromatic carbocycles. The lowest BCUT2D eigenvalue weighted by molar-refractivity contribution is -0.00963. The summed E-state index contributed by atoms with van der Waals surface area (Å²) in [7, 11) is 3.30. The van der Waals surface area contributed by atoms with E-state index in [0.717, 1.165) is 23.3 Å². The van der Waals surface area contributed by atoms with Crippen molar-refractivity contribution in [3.8, 4) is 11.5 Å². The van der Waals surface area contributed by atoms with Gasteiger partial charge in [-0.05, 0) is 47.4 Å². The predicted molar refractivity (Wildman–Crippen MR) is 95.2 cm³/mol. The molecule has 1 aliphatic rings. The van der Waals surface area contributed by atoms with Crippen LogP contribution in [-0.2, 0) is 16.8 Å². The van der Waals surface area contributed by atoms with Crippen LogP contribution in [0.15, 0.2) is 36.4 Å². The van der Waals surface area contributed by atoms with Crippen LogP contribution < -0.4 is 9.47 Å². The Morgan fingerprint density at radius 3 is 2.39 bits per heavy atom.